The zero-order chi connectivity index (χ0) is 17.0. The summed E-state index contributed by atoms with van der Waals surface area (Å²) < 4.78 is 49.5. The maximum absolute atomic E-state index is 13.2. The number of rotatable bonds is 3. The zero-order valence-electron chi connectivity index (χ0n) is 12.4. The van der Waals surface area contributed by atoms with Gasteiger partial charge >= 0.3 is 12.1 Å². The summed E-state index contributed by atoms with van der Waals surface area (Å²) in [6.07, 6.45) is -5.12. The minimum atomic E-state index is -4.53. The lowest BCUT2D eigenvalue weighted by atomic mass is 10.1. The Labute approximate surface area is 131 Å². The van der Waals surface area contributed by atoms with E-state index >= 15 is 0 Å². The maximum atomic E-state index is 13.2. The number of halogens is 3. The molecule has 0 aromatic heterocycles. The highest BCUT2D eigenvalue weighted by Gasteiger charge is 2.36. The van der Waals surface area contributed by atoms with Crippen molar-refractivity contribution in [2.24, 2.45) is 0 Å². The van der Waals surface area contributed by atoms with Crippen LogP contribution in [-0.4, -0.2) is 38.9 Å². The number of morpholine rings is 1. The number of carbonyl (C=O) groups is 1. The van der Waals surface area contributed by atoms with Crippen LogP contribution >= 0.6 is 0 Å². The van der Waals surface area contributed by atoms with Crippen molar-refractivity contribution in [3.8, 4) is 6.07 Å². The first-order valence-corrected chi connectivity index (χ1v) is 6.90. The molecule has 0 bridgehead atoms. The highest BCUT2D eigenvalue weighted by atomic mass is 19.4. The number of methoxy groups -OCH3 is 1. The molecule has 1 fully saturated rings. The third-order valence-corrected chi connectivity index (χ3v) is 3.53. The average molecular weight is 328 g/mol. The standard InChI is InChI=1S/C15H15F3N2O3/c1-22-14(21)7-11-9-20(4-5-23-11)13-6-10(8-19)2-3-12(13)15(16,17)18/h2-3,6,11H,4-5,7,9H2,1H3. The second-order valence-electron chi connectivity index (χ2n) is 5.06. The molecular weight excluding hydrogens is 313 g/mol. The van der Waals surface area contributed by atoms with Crippen molar-refractivity contribution in [2.75, 3.05) is 31.7 Å². The molecule has 1 aliphatic heterocycles. The molecule has 0 amide bonds. The van der Waals surface area contributed by atoms with Gasteiger partial charge in [0.15, 0.2) is 0 Å². The van der Waals surface area contributed by atoms with Crippen molar-refractivity contribution < 1.29 is 27.4 Å². The Morgan fingerprint density at radius 3 is 2.87 bits per heavy atom. The second kappa shape index (κ2) is 6.87. The van der Waals surface area contributed by atoms with Crippen LogP contribution in [0.1, 0.15) is 17.5 Å². The molecule has 0 spiro atoms. The van der Waals surface area contributed by atoms with Crippen molar-refractivity contribution in [1.29, 1.82) is 5.26 Å². The van der Waals surface area contributed by atoms with Gasteiger partial charge in [0.2, 0.25) is 0 Å². The molecular formula is C15H15F3N2O3. The van der Waals surface area contributed by atoms with Gasteiger partial charge in [0.1, 0.15) is 0 Å². The van der Waals surface area contributed by atoms with Gasteiger partial charge in [0.05, 0.1) is 49.1 Å². The lowest BCUT2D eigenvalue weighted by molar-refractivity contribution is -0.144. The van der Waals surface area contributed by atoms with Crippen molar-refractivity contribution in [3.05, 3.63) is 29.3 Å². The van der Waals surface area contributed by atoms with Gasteiger partial charge in [-0.15, -0.1) is 0 Å². The number of esters is 1. The van der Waals surface area contributed by atoms with Crippen LogP contribution in [-0.2, 0) is 20.4 Å². The molecule has 23 heavy (non-hydrogen) atoms. The number of nitriles is 1. The topological polar surface area (TPSA) is 62.6 Å². The SMILES string of the molecule is COC(=O)CC1CN(c2cc(C#N)ccc2C(F)(F)F)CCO1. The molecule has 5 nitrogen and oxygen atoms in total. The molecule has 8 heteroatoms. The number of carbonyl (C=O) groups excluding carboxylic acids is 1. The van der Waals surface area contributed by atoms with Crippen molar-refractivity contribution in [1.82, 2.24) is 0 Å². The van der Waals surface area contributed by atoms with Crippen LogP contribution in [0.4, 0.5) is 18.9 Å². The molecule has 1 atom stereocenters. The number of anilines is 1. The summed E-state index contributed by atoms with van der Waals surface area (Å²) in [4.78, 5) is 12.8. The Kier molecular flexibility index (Phi) is 5.11. The highest BCUT2D eigenvalue weighted by molar-refractivity contribution is 5.70. The fourth-order valence-electron chi connectivity index (χ4n) is 2.43. The van der Waals surface area contributed by atoms with E-state index in [0.717, 1.165) is 12.1 Å². The molecule has 1 aromatic carbocycles. The van der Waals surface area contributed by atoms with E-state index in [-0.39, 0.29) is 37.4 Å². The van der Waals surface area contributed by atoms with Gasteiger partial charge in [-0.1, -0.05) is 0 Å². The third-order valence-electron chi connectivity index (χ3n) is 3.53. The van der Waals surface area contributed by atoms with E-state index in [4.69, 9.17) is 10.00 Å². The van der Waals surface area contributed by atoms with E-state index < -0.39 is 23.8 Å². The highest BCUT2D eigenvalue weighted by Crippen LogP contribution is 2.37. The molecule has 1 aliphatic rings. The molecule has 0 aliphatic carbocycles. The van der Waals surface area contributed by atoms with Crippen LogP contribution in [0.3, 0.4) is 0 Å². The van der Waals surface area contributed by atoms with Gasteiger partial charge in [-0.05, 0) is 18.2 Å². The van der Waals surface area contributed by atoms with E-state index in [1.165, 1.54) is 18.1 Å². The Bertz CT molecular complexity index is 625. The summed E-state index contributed by atoms with van der Waals surface area (Å²) in [5.41, 5.74) is -0.742. The molecule has 2 rings (SSSR count). The van der Waals surface area contributed by atoms with Gasteiger partial charge in [0.25, 0.3) is 0 Å². The monoisotopic (exact) mass is 328 g/mol. The maximum Gasteiger partial charge on any atom is 0.418 e. The molecule has 0 N–H and O–H groups in total. The van der Waals surface area contributed by atoms with E-state index in [1.54, 1.807) is 0 Å². The van der Waals surface area contributed by atoms with E-state index in [9.17, 15) is 18.0 Å². The largest absolute Gasteiger partial charge is 0.469 e. The normalized spacial score (nSPS) is 18.4. The van der Waals surface area contributed by atoms with E-state index in [1.807, 2.05) is 6.07 Å². The third kappa shape index (κ3) is 4.13. The van der Waals surface area contributed by atoms with Crippen molar-refractivity contribution >= 4 is 11.7 Å². The van der Waals surface area contributed by atoms with Crippen LogP contribution in [0, 0.1) is 11.3 Å². The van der Waals surface area contributed by atoms with Crippen molar-refractivity contribution in [2.45, 2.75) is 18.7 Å². The minimum Gasteiger partial charge on any atom is -0.469 e. The zero-order valence-corrected chi connectivity index (χ0v) is 12.4. The summed E-state index contributed by atoms with van der Waals surface area (Å²) in [6, 6.07) is 5.09. The summed E-state index contributed by atoms with van der Waals surface area (Å²) in [7, 11) is 1.24. The Hall–Kier alpha value is -2.27. The summed E-state index contributed by atoms with van der Waals surface area (Å²) in [5.74, 6) is -0.487. The van der Waals surface area contributed by atoms with E-state index in [0.29, 0.717) is 0 Å². The molecule has 1 aromatic rings. The first-order valence-electron chi connectivity index (χ1n) is 6.90. The molecule has 1 unspecified atom stereocenters. The second-order valence-corrected chi connectivity index (χ2v) is 5.06. The Morgan fingerprint density at radius 2 is 2.26 bits per heavy atom. The average Bonchev–Trinajstić information content (AvgIpc) is 2.53. The number of nitrogens with zero attached hydrogens (tertiary/aromatic N) is 2. The molecule has 0 radical (unpaired) electrons. The quantitative estimate of drug-likeness (QED) is 0.797. The number of ether oxygens (including phenoxy) is 2. The van der Waals surface area contributed by atoms with Gasteiger partial charge in [-0.2, -0.15) is 18.4 Å². The number of hydrogen-bond acceptors (Lipinski definition) is 5. The Balaban J connectivity index is 2.29. The van der Waals surface area contributed by atoms with Gasteiger partial charge < -0.3 is 14.4 Å². The molecule has 1 saturated heterocycles. The number of hydrogen-bond donors (Lipinski definition) is 0. The predicted molar refractivity (Wildman–Crippen MR) is 74.7 cm³/mol. The van der Waals surface area contributed by atoms with Gasteiger partial charge in [-0.3, -0.25) is 4.79 Å². The lowest BCUT2D eigenvalue weighted by Gasteiger charge is -2.35. The van der Waals surface area contributed by atoms with Gasteiger partial charge in [0, 0.05) is 13.1 Å². The predicted octanol–water partition coefficient (Wildman–Crippen LogP) is 2.35. The lowest BCUT2D eigenvalue weighted by Crippen LogP contribution is -2.44. The van der Waals surface area contributed by atoms with Gasteiger partial charge in [-0.25, -0.2) is 0 Å². The Morgan fingerprint density at radius 1 is 1.52 bits per heavy atom. The van der Waals surface area contributed by atoms with Crippen molar-refractivity contribution in [3.63, 3.8) is 0 Å². The molecule has 124 valence electrons. The summed E-state index contributed by atoms with van der Waals surface area (Å²) >= 11 is 0. The van der Waals surface area contributed by atoms with Crippen LogP contribution in [0.15, 0.2) is 18.2 Å². The minimum absolute atomic E-state index is 0.0354. The number of alkyl halides is 3. The number of benzene rings is 1. The smallest absolute Gasteiger partial charge is 0.418 e. The first kappa shape index (κ1) is 17.1. The van der Waals surface area contributed by atoms with Crippen LogP contribution in [0.25, 0.3) is 0 Å². The summed E-state index contributed by atoms with van der Waals surface area (Å²) in [6.45, 7) is 0.554. The van der Waals surface area contributed by atoms with Crippen LogP contribution in [0.5, 0.6) is 0 Å². The molecule has 1 heterocycles. The fourth-order valence-corrected chi connectivity index (χ4v) is 2.43. The summed E-state index contributed by atoms with van der Waals surface area (Å²) in [5, 5.41) is 8.92. The first-order chi connectivity index (χ1) is 10.8. The van der Waals surface area contributed by atoms with E-state index in [2.05, 4.69) is 4.74 Å². The van der Waals surface area contributed by atoms with Crippen LogP contribution in [0.2, 0.25) is 0 Å². The fraction of sp³-hybridized carbons (Fsp3) is 0.467. The van der Waals surface area contributed by atoms with Crippen LogP contribution < -0.4 is 4.90 Å². The molecule has 0 saturated carbocycles.